The Hall–Kier alpha value is -1.94. The largest absolute Gasteiger partial charge is 0.454 e. The predicted molar refractivity (Wildman–Crippen MR) is 70.4 cm³/mol. The van der Waals surface area contributed by atoms with Gasteiger partial charge in [-0.1, -0.05) is 12.8 Å². The van der Waals surface area contributed by atoms with Crippen LogP contribution < -0.4 is 9.47 Å². The highest BCUT2D eigenvalue weighted by molar-refractivity contribution is 5.53. The van der Waals surface area contributed by atoms with Gasteiger partial charge in [0.05, 0.1) is 5.54 Å². The molecule has 3 rings (SSSR count). The molecule has 0 atom stereocenters. The average Bonchev–Trinajstić information content (AvgIpc) is 3.05. The molecule has 0 aromatic heterocycles. The average molecular weight is 295 g/mol. The number of fused-ring (bicyclic) bond motifs is 1. The molecule has 0 amide bonds. The third-order valence-corrected chi connectivity index (χ3v) is 4.18. The molecule has 0 radical (unpaired) electrons. The molecule has 1 aliphatic carbocycles. The van der Waals surface area contributed by atoms with Gasteiger partial charge < -0.3 is 9.47 Å². The number of isocyanates is 1. The van der Waals surface area contributed by atoms with Crippen LogP contribution in [0.4, 0.5) is 8.78 Å². The van der Waals surface area contributed by atoms with Crippen molar-refractivity contribution in [3.8, 4) is 11.5 Å². The van der Waals surface area contributed by atoms with Gasteiger partial charge in [-0.3, -0.25) is 0 Å². The molecule has 0 saturated heterocycles. The second kappa shape index (κ2) is 4.81. The summed E-state index contributed by atoms with van der Waals surface area (Å²) in [5.74, 6) is -2.33. The number of benzene rings is 1. The van der Waals surface area contributed by atoms with Gasteiger partial charge in [0.25, 0.3) is 5.92 Å². The lowest BCUT2D eigenvalue weighted by atomic mass is 9.83. The van der Waals surface area contributed by atoms with Crippen LogP contribution in [-0.2, 0) is 16.3 Å². The summed E-state index contributed by atoms with van der Waals surface area (Å²) >= 11 is 0. The summed E-state index contributed by atoms with van der Waals surface area (Å²) in [4.78, 5) is 14.7. The summed E-state index contributed by atoms with van der Waals surface area (Å²) in [6.07, 6.45) is 4.36. The van der Waals surface area contributed by atoms with Crippen LogP contribution in [0.2, 0.25) is 0 Å². The fraction of sp³-hybridized carbons (Fsp3) is 0.533. The summed E-state index contributed by atoms with van der Waals surface area (Å²) in [6, 6.07) is 2.85. The Kier molecular flexibility index (Phi) is 3.21. The lowest BCUT2D eigenvalue weighted by molar-refractivity contribution is 0.0151. The topological polar surface area (TPSA) is 47.9 Å². The fourth-order valence-electron chi connectivity index (χ4n) is 3.18. The Morgan fingerprint density at radius 2 is 1.86 bits per heavy atom. The van der Waals surface area contributed by atoms with Crippen molar-refractivity contribution in [2.75, 3.05) is 6.79 Å². The lowest BCUT2D eigenvalue weighted by Gasteiger charge is -2.28. The van der Waals surface area contributed by atoms with E-state index in [1.807, 2.05) is 0 Å². The minimum atomic E-state index is -3.05. The van der Waals surface area contributed by atoms with Gasteiger partial charge >= 0.3 is 0 Å². The van der Waals surface area contributed by atoms with E-state index in [1.54, 1.807) is 12.1 Å². The van der Waals surface area contributed by atoms with Crippen molar-refractivity contribution >= 4 is 6.08 Å². The van der Waals surface area contributed by atoms with Crippen LogP contribution in [0.25, 0.3) is 0 Å². The molecule has 1 heterocycles. The standard InChI is InChI=1S/C15H15F2NO3/c1-14(16,17)10-6-12-13(21-9-20-12)7-11(10)15(18-8-19)4-2-3-5-15/h6-7H,2-5,9H2,1H3. The number of carbonyl (C=O) groups excluding carboxylic acids is 1. The first kappa shape index (κ1) is 14.0. The first-order valence-corrected chi connectivity index (χ1v) is 6.88. The monoisotopic (exact) mass is 295 g/mol. The van der Waals surface area contributed by atoms with Gasteiger partial charge in [-0.05, 0) is 30.5 Å². The van der Waals surface area contributed by atoms with Gasteiger partial charge in [0, 0.05) is 12.5 Å². The van der Waals surface area contributed by atoms with Crippen LogP contribution in [0.3, 0.4) is 0 Å². The van der Waals surface area contributed by atoms with Crippen molar-refractivity contribution in [1.82, 2.24) is 0 Å². The molecule has 1 aliphatic heterocycles. The first-order valence-electron chi connectivity index (χ1n) is 6.88. The molecule has 21 heavy (non-hydrogen) atoms. The fourth-order valence-corrected chi connectivity index (χ4v) is 3.18. The quantitative estimate of drug-likeness (QED) is 0.632. The molecule has 112 valence electrons. The van der Waals surface area contributed by atoms with Crippen molar-refractivity contribution in [2.45, 2.75) is 44.1 Å². The number of hydrogen-bond donors (Lipinski definition) is 0. The Morgan fingerprint density at radius 3 is 2.43 bits per heavy atom. The summed E-state index contributed by atoms with van der Waals surface area (Å²) < 4.78 is 38.5. The van der Waals surface area contributed by atoms with Gasteiger partial charge in [0.1, 0.15) is 0 Å². The molecular weight excluding hydrogens is 280 g/mol. The smallest absolute Gasteiger partial charge is 0.271 e. The number of ether oxygens (including phenoxy) is 2. The Morgan fingerprint density at radius 1 is 1.24 bits per heavy atom. The van der Waals surface area contributed by atoms with Crippen LogP contribution >= 0.6 is 0 Å². The second-order valence-corrected chi connectivity index (χ2v) is 5.58. The maximum absolute atomic E-state index is 14.0. The van der Waals surface area contributed by atoms with E-state index in [4.69, 9.17) is 9.47 Å². The summed E-state index contributed by atoms with van der Waals surface area (Å²) in [6.45, 7) is 0.846. The minimum Gasteiger partial charge on any atom is -0.454 e. The molecule has 2 aliphatic rings. The number of nitrogens with zero attached hydrogens (tertiary/aromatic N) is 1. The normalized spacial score (nSPS) is 19.4. The minimum absolute atomic E-state index is 0.0114. The molecule has 0 unspecified atom stereocenters. The SMILES string of the molecule is CC(F)(F)c1cc2c(cc1C1(N=C=O)CCCC1)OCO2. The Labute approximate surface area is 120 Å². The Bertz CT molecular complexity index is 612. The molecule has 6 heteroatoms. The summed E-state index contributed by atoms with van der Waals surface area (Å²) in [7, 11) is 0. The van der Waals surface area contributed by atoms with E-state index in [1.165, 1.54) is 6.07 Å². The third-order valence-electron chi connectivity index (χ3n) is 4.18. The van der Waals surface area contributed by atoms with Gasteiger partial charge in [-0.2, -0.15) is 4.99 Å². The zero-order valence-electron chi connectivity index (χ0n) is 11.6. The zero-order chi connectivity index (χ0) is 15.1. The number of aliphatic imine (C=N–C) groups is 1. The summed E-state index contributed by atoms with van der Waals surface area (Å²) in [5, 5.41) is 0. The Balaban J connectivity index is 2.22. The third kappa shape index (κ3) is 2.29. The van der Waals surface area contributed by atoms with E-state index in [0.717, 1.165) is 19.8 Å². The first-order chi connectivity index (χ1) is 9.96. The highest BCUT2D eigenvalue weighted by Gasteiger charge is 2.43. The van der Waals surface area contributed by atoms with Gasteiger partial charge in [-0.15, -0.1) is 0 Å². The second-order valence-electron chi connectivity index (χ2n) is 5.58. The maximum Gasteiger partial charge on any atom is 0.271 e. The number of hydrogen-bond acceptors (Lipinski definition) is 4. The molecule has 1 aromatic carbocycles. The van der Waals surface area contributed by atoms with Crippen molar-refractivity contribution < 1.29 is 23.0 Å². The molecule has 1 saturated carbocycles. The van der Waals surface area contributed by atoms with Crippen LogP contribution in [0.15, 0.2) is 17.1 Å². The van der Waals surface area contributed by atoms with E-state index in [2.05, 4.69) is 4.99 Å². The maximum atomic E-state index is 14.0. The molecule has 0 N–H and O–H groups in total. The van der Waals surface area contributed by atoms with Crippen LogP contribution in [0.1, 0.15) is 43.7 Å². The van der Waals surface area contributed by atoms with E-state index >= 15 is 0 Å². The van der Waals surface area contributed by atoms with Gasteiger partial charge in [0.15, 0.2) is 11.5 Å². The molecule has 0 bridgehead atoms. The lowest BCUT2D eigenvalue weighted by Crippen LogP contribution is -2.24. The van der Waals surface area contributed by atoms with E-state index in [9.17, 15) is 13.6 Å². The zero-order valence-corrected chi connectivity index (χ0v) is 11.6. The van der Waals surface area contributed by atoms with Crippen LogP contribution in [0.5, 0.6) is 11.5 Å². The number of halogens is 2. The predicted octanol–water partition coefficient (Wildman–Crippen LogP) is 3.63. The molecule has 4 nitrogen and oxygen atoms in total. The van der Waals surface area contributed by atoms with Crippen molar-refractivity contribution in [3.63, 3.8) is 0 Å². The highest BCUT2D eigenvalue weighted by Crippen LogP contribution is 2.50. The van der Waals surface area contributed by atoms with Crippen molar-refractivity contribution in [2.24, 2.45) is 4.99 Å². The molecule has 0 spiro atoms. The molecule has 1 fully saturated rings. The van der Waals surface area contributed by atoms with Gasteiger partial charge in [-0.25, -0.2) is 13.6 Å². The van der Waals surface area contributed by atoms with E-state index in [0.29, 0.717) is 29.9 Å². The highest BCUT2D eigenvalue weighted by atomic mass is 19.3. The molecular formula is C15H15F2NO3. The number of rotatable bonds is 3. The summed E-state index contributed by atoms with van der Waals surface area (Å²) in [5.41, 5.74) is -0.731. The molecule has 1 aromatic rings. The van der Waals surface area contributed by atoms with Crippen molar-refractivity contribution in [1.29, 1.82) is 0 Å². The van der Waals surface area contributed by atoms with Crippen molar-refractivity contribution in [3.05, 3.63) is 23.3 Å². The van der Waals surface area contributed by atoms with E-state index < -0.39 is 11.5 Å². The van der Waals surface area contributed by atoms with Gasteiger partial charge in [0.2, 0.25) is 12.9 Å². The number of alkyl halides is 2. The van der Waals surface area contributed by atoms with E-state index in [-0.39, 0.29) is 12.4 Å². The van der Waals surface area contributed by atoms with Crippen LogP contribution in [-0.4, -0.2) is 12.9 Å². The van der Waals surface area contributed by atoms with Crippen LogP contribution in [0, 0.1) is 0 Å².